The van der Waals surface area contributed by atoms with Crippen LogP contribution in [0.3, 0.4) is 0 Å². The van der Waals surface area contributed by atoms with E-state index in [0.29, 0.717) is 0 Å². The van der Waals surface area contributed by atoms with E-state index in [0.717, 1.165) is 44.7 Å². The van der Waals surface area contributed by atoms with Crippen LogP contribution in [-0.2, 0) is 0 Å². The molecule has 3 heteroatoms. The van der Waals surface area contributed by atoms with Crippen LogP contribution in [0.25, 0.3) is 96.7 Å². The SMILES string of the molecule is c1ccc(-c2ccc(N(c3ccc(-c4cccc5oc6ccc7ccc8sc9ccccc9c8c7c6c45)cc3)c3cc4ccccc4c4ccccc34)cc2)cc1. The molecule has 2 nitrogen and oxygen atoms in total. The molecule has 0 radical (unpaired) electrons. The molecule has 0 spiro atoms. The molecule has 2 aromatic heterocycles. The van der Waals surface area contributed by atoms with Gasteiger partial charge in [0.05, 0.1) is 5.69 Å². The van der Waals surface area contributed by atoms with Gasteiger partial charge in [0.15, 0.2) is 0 Å². The summed E-state index contributed by atoms with van der Waals surface area (Å²) in [4.78, 5) is 2.41. The maximum atomic E-state index is 6.65. The Hall–Kier alpha value is -7.20. The maximum absolute atomic E-state index is 6.65. The van der Waals surface area contributed by atoms with Crippen molar-refractivity contribution in [2.45, 2.75) is 0 Å². The van der Waals surface area contributed by atoms with E-state index in [1.807, 2.05) is 11.3 Å². The lowest BCUT2D eigenvalue weighted by atomic mass is 9.94. The van der Waals surface area contributed by atoms with E-state index in [1.54, 1.807) is 0 Å². The number of nitrogens with zero attached hydrogens (tertiary/aromatic N) is 1. The van der Waals surface area contributed by atoms with Crippen molar-refractivity contribution >= 4 is 103 Å². The molecule has 0 saturated heterocycles. The van der Waals surface area contributed by atoms with E-state index in [1.165, 1.54) is 69.0 Å². The van der Waals surface area contributed by atoms with Crippen molar-refractivity contribution in [3.63, 3.8) is 0 Å². The average molecular weight is 744 g/mol. The van der Waals surface area contributed by atoms with Crippen molar-refractivity contribution in [2.75, 3.05) is 4.90 Å². The topological polar surface area (TPSA) is 16.4 Å². The molecule has 266 valence electrons. The van der Waals surface area contributed by atoms with Gasteiger partial charge in [0.25, 0.3) is 0 Å². The van der Waals surface area contributed by atoms with Gasteiger partial charge in [0, 0.05) is 53.1 Å². The molecule has 0 aliphatic heterocycles. The Balaban J connectivity index is 1.06. The van der Waals surface area contributed by atoms with Crippen molar-refractivity contribution in [1.29, 1.82) is 0 Å². The first kappa shape index (κ1) is 32.1. The standard InChI is InChI=1S/C54H33NOS/c1-2-11-34(12-3-1)35-21-27-39(28-22-35)55(46-33-38-13-4-5-14-41(38)43-15-6-7-16-44(43)46)40-29-23-36(24-30-40)42-18-10-19-47-52(42)54-48(56-47)31-25-37-26-32-50-53(51(37)54)45-17-8-9-20-49(45)57-50/h1-33H. The molecule has 0 N–H and O–H groups in total. The van der Waals surface area contributed by atoms with Crippen LogP contribution in [0.2, 0.25) is 0 Å². The summed E-state index contributed by atoms with van der Waals surface area (Å²) in [5.41, 5.74) is 9.86. The lowest BCUT2D eigenvalue weighted by molar-refractivity contribution is 0.669. The third kappa shape index (κ3) is 5.03. The predicted octanol–water partition coefficient (Wildman–Crippen LogP) is 16.2. The van der Waals surface area contributed by atoms with Crippen LogP contribution in [0, 0.1) is 0 Å². The number of hydrogen-bond donors (Lipinski definition) is 0. The number of rotatable bonds is 5. The summed E-state index contributed by atoms with van der Waals surface area (Å²) in [6, 6.07) is 72.6. The molecule has 0 amide bonds. The quantitative estimate of drug-likeness (QED) is 0.163. The lowest BCUT2D eigenvalue weighted by Gasteiger charge is -2.28. The zero-order chi connectivity index (χ0) is 37.5. The fourth-order valence-corrected chi connectivity index (χ4v) is 10.2. The highest BCUT2D eigenvalue weighted by molar-refractivity contribution is 7.26. The first-order chi connectivity index (χ1) is 28.3. The van der Waals surface area contributed by atoms with Gasteiger partial charge in [-0.2, -0.15) is 0 Å². The largest absolute Gasteiger partial charge is 0.456 e. The van der Waals surface area contributed by atoms with Gasteiger partial charge in [0.2, 0.25) is 0 Å². The van der Waals surface area contributed by atoms with Crippen LogP contribution >= 0.6 is 11.3 Å². The second-order valence-electron chi connectivity index (χ2n) is 14.8. The Bertz CT molecular complexity index is 3500. The van der Waals surface area contributed by atoms with Crippen molar-refractivity contribution in [3.8, 4) is 22.3 Å². The molecule has 0 aliphatic rings. The lowest BCUT2D eigenvalue weighted by Crippen LogP contribution is -2.10. The van der Waals surface area contributed by atoms with Gasteiger partial charge in [-0.15, -0.1) is 11.3 Å². The summed E-state index contributed by atoms with van der Waals surface area (Å²) in [5, 5.41) is 12.3. The summed E-state index contributed by atoms with van der Waals surface area (Å²) in [5.74, 6) is 0. The molecule has 12 rings (SSSR count). The van der Waals surface area contributed by atoms with Crippen LogP contribution in [0.1, 0.15) is 0 Å². The van der Waals surface area contributed by atoms with Gasteiger partial charge in [-0.05, 0) is 98.4 Å². The third-order valence-corrected chi connectivity index (χ3v) is 12.8. The van der Waals surface area contributed by atoms with Crippen molar-refractivity contribution in [1.82, 2.24) is 0 Å². The second-order valence-corrected chi connectivity index (χ2v) is 15.9. The summed E-state index contributed by atoms with van der Waals surface area (Å²) in [6.45, 7) is 0. The van der Waals surface area contributed by atoms with E-state index in [9.17, 15) is 0 Å². The predicted molar refractivity (Wildman–Crippen MR) is 245 cm³/mol. The van der Waals surface area contributed by atoms with Crippen LogP contribution in [0.4, 0.5) is 17.1 Å². The van der Waals surface area contributed by atoms with E-state index in [-0.39, 0.29) is 0 Å². The Kier molecular flexibility index (Phi) is 7.13. The molecule has 0 saturated carbocycles. The zero-order valence-electron chi connectivity index (χ0n) is 30.8. The van der Waals surface area contributed by atoms with Gasteiger partial charge in [-0.25, -0.2) is 0 Å². The fourth-order valence-electron chi connectivity index (χ4n) is 9.05. The molecule has 57 heavy (non-hydrogen) atoms. The normalized spacial score (nSPS) is 11.9. The monoisotopic (exact) mass is 743 g/mol. The van der Waals surface area contributed by atoms with Crippen LogP contribution in [0.15, 0.2) is 205 Å². The molecule has 10 aromatic carbocycles. The molecule has 0 aliphatic carbocycles. The molecule has 0 fully saturated rings. The number of anilines is 3. The maximum Gasteiger partial charge on any atom is 0.136 e. The Morgan fingerprint density at radius 1 is 0.351 bits per heavy atom. The van der Waals surface area contributed by atoms with Gasteiger partial charge >= 0.3 is 0 Å². The summed E-state index contributed by atoms with van der Waals surface area (Å²) in [6.07, 6.45) is 0. The van der Waals surface area contributed by atoms with Crippen LogP contribution < -0.4 is 4.90 Å². The first-order valence-electron chi connectivity index (χ1n) is 19.4. The van der Waals surface area contributed by atoms with Gasteiger partial charge in [0.1, 0.15) is 11.2 Å². The van der Waals surface area contributed by atoms with E-state index in [2.05, 4.69) is 205 Å². The number of fused-ring (bicyclic) bond motifs is 12. The van der Waals surface area contributed by atoms with Crippen molar-refractivity contribution in [3.05, 3.63) is 200 Å². The molecule has 0 bridgehead atoms. The Morgan fingerprint density at radius 2 is 0.982 bits per heavy atom. The number of benzene rings is 10. The van der Waals surface area contributed by atoms with Gasteiger partial charge in [-0.1, -0.05) is 146 Å². The van der Waals surface area contributed by atoms with Crippen molar-refractivity contribution in [2.24, 2.45) is 0 Å². The molecular weight excluding hydrogens is 711 g/mol. The summed E-state index contributed by atoms with van der Waals surface area (Å²) in [7, 11) is 0. The van der Waals surface area contributed by atoms with Crippen LogP contribution in [-0.4, -0.2) is 0 Å². The number of furan rings is 1. The zero-order valence-corrected chi connectivity index (χ0v) is 31.6. The van der Waals surface area contributed by atoms with E-state index < -0.39 is 0 Å². The van der Waals surface area contributed by atoms with E-state index in [4.69, 9.17) is 4.42 Å². The molecule has 0 atom stereocenters. The number of thiophene rings is 1. The van der Waals surface area contributed by atoms with E-state index >= 15 is 0 Å². The highest BCUT2D eigenvalue weighted by atomic mass is 32.1. The minimum Gasteiger partial charge on any atom is -0.456 e. The average Bonchev–Trinajstić information content (AvgIpc) is 3.86. The highest BCUT2D eigenvalue weighted by Gasteiger charge is 2.21. The minimum absolute atomic E-state index is 0.901. The smallest absolute Gasteiger partial charge is 0.136 e. The Labute approximate surface area is 333 Å². The summed E-state index contributed by atoms with van der Waals surface area (Å²) < 4.78 is 9.25. The van der Waals surface area contributed by atoms with Gasteiger partial charge < -0.3 is 9.32 Å². The molecular formula is C54H33NOS. The Morgan fingerprint density at radius 3 is 1.79 bits per heavy atom. The fraction of sp³-hybridized carbons (Fsp3) is 0. The minimum atomic E-state index is 0.901. The summed E-state index contributed by atoms with van der Waals surface area (Å²) >= 11 is 1.86. The van der Waals surface area contributed by atoms with Gasteiger partial charge in [-0.3, -0.25) is 0 Å². The molecule has 0 unspecified atom stereocenters. The van der Waals surface area contributed by atoms with Crippen LogP contribution in [0.5, 0.6) is 0 Å². The molecule has 12 aromatic rings. The molecule has 2 heterocycles. The highest BCUT2D eigenvalue weighted by Crippen LogP contribution is 2.47. The van der Waals surface area contributed by atoms with Crippen molar-refractivity contribution < 1.29 is 4.42 Å². The first-order valence-corrected chi connectivity index (χ1v) is 20.2. The third-order valence-electron chi connectivity index (χ3n) is 11.6. The second kappa shape index (κ2) is 12.7. The number of hydrogen-bond acceptors (Lipinski definition) is 3.